The number of rotatable bonds is 6. The van der Waals surface area contributed by atoms with Crippen LogP contribution in [0.15, 0.2) is 72.8 Å². The highest BCUT2D eigenvalue weighted by Gasteiger charge is 2.43. The van der Waals surface area contributed by atoms with Gasteiger partial charge in [0.25, 0.3) is 5.91 Å². The van der Waals surface area contributed by atoms with Crippen LogP contribution in [0.5, 0.6) is 0 Å². The molecule has 6 nitrogen and oxygen atoms in total. The average molecular weight is 480 g/mol. The van der Waals surface area contributed by atoms with E-state index in [4.69, 9.17) is 4.74 Å². The van der Waals surface area contributed by atoms with Crippen LogP contribution in [0.2, 0.25) is 0 Å². The van der Waals surface area contributed by atoms with Crippen molar-refractivity contribution in [1.82, 2.24) is 10.2 Å². The average Bonchev–Trinajstić information content (AvgIpc) is 3.44. The summed E-state index contributed by atoms with van der Waals surface area (Å²) >= 11 is 0. The lowest BCUT2D eigenvalue weighted by Crippen LogP contribution is -2.29. The minimum atomic E-state index is -0.381. The van der Waals surface area contributed by atoms with Crippen LogP contribution in [0, 0.1) is 6.92 Å². The zero-order valence-electron chi connectivity index (χ0n) is 20.9. The molecule has 0 saturated heterocycles. The molecule has 0 bridgehead atoms. The minimum Gasteiger partial charge on any atom is -0.462 e. The lowest BCUT2D eigenvalue weighted by Gasteiger charge is -2.27. The molecule has 1 amide bonds. The standard InChI is InChI=1S/C30H29N3O3/c1-5-36-30(35)23-14-16-24(17-15-23)33-28(22-12-10-20(11-13-22)18(2)3)25-26(31-32-27(25)29(33)34)21-8-6-19(4)7-9-21/h6-18,28H,5H2,1-4H3,(H,31,32). The Kier molecular flexibility index (Phi) is 6.18. The molecule has 5 rings (SSSR count). The van der Waals surface area contributed by atoms with Crippen LogP contribution in [0.1, 0.15) is 75.8 Å². The number of hydrogen-bond acceptors (Lipinski definition) is 4. The van der Waals surface area contributed by atoms with Gasteiger partial charge in [0.15, 0.2) is 0 Å². The SMILES string of the molecule is CCOC(=O)c1ccc(N2C(=O)c3[nH]nc(-c4ccc(C)cc4)c3C2c2ccc(C(C)C)cc2)cc1. The predicted molar refractivity (Wildman–Crippen MR) is 140 cm³/mol. The van der Waals surface area contributed by atoms with Crippen molar-refractivity contribution >= 4 is 17.6 Å². The Bertz CT molecular complexity index is 1400. The highest BCUT2D eigenvalue weighted by atomic mass is 16.5. The van der Waals surface area contributed by atoms with E-state index in [0.29, 0.717) is 29.5 Å². The Morgan fingerprint density at radius 3 is 2.28 bits per heavy atom. The fraction of sp³-hybridized carbons (Fsp3) is 0.233. The third kappa shape index (κ3) is 4.09. The summed E-state index contributed by atoms with van der Waals surface area (Å²) in [6.45, 7) is 8.45. The van der Waals surface area contributed by atoms with Gasteiger partial charge in [0.1, 0.15) is 5.69 Å². The summed E-state index contributed by atoms with van der Waals surface area (Å²) in [5.41, 5.74) is 7.60. The number of carbonyl (C=O) groups is 2. The third-order valence-electron chi connectivity index (χ3n) is 6.67. The molecule has 1 N–H and O–H groups in total. The number of aromatic nitrogens is 2. The normalized spacial score (nSPS) is 14.9. The quantitative estimate of drug-likeness (QED) is 0.323. The maximum Gasteiger partial charge on any atom is 0.338 e. The molecule has 0 fully saturated rings. The summed E-state index contributed by atoms with van der Waals surface area (Å²) in [7, 11) is 0. The van der Waals surface area contributed by atoms with Crippen LogP contribution < -0.4 is 4.90 Å². The maximum absolute atomic E-state index is 13.7. The molecular weight excluding hydrogens is 450 g/mol. The molecule has 0 spiro atoms. The lowest BCUT2D eigenvalue weighted by atomic mass is 9.93. The number of H-pyrrole nitrogens is 1. The van der Waals surface area contributed by atoms with E-state index >= 15 is 0 Å². The van der Waals surface area contributed by atoms with Gasteiger partial charge in [0.05, 0.1) is 23.9 Å². The van der Waals surface area contributed by atoms with Gasteiger partial charge >= 0.3 is 5.97 Å². The van der Waals surface area contributed by atoms with Gasteiger partial charge < -0.3 is 4.74 Å². The lowest BCUT2D eigenvalue weighted by molar-refractivity contribution is 0.0526. The molecule has 182 valence electrons. The summed E-state index contributed by atoms with van der Waals surface area (Å²) in [6, 6.07) is 23.2. The van der Waals surface area contributed by atoms with E-state index in [0.717, 1.165) is 27.9 Å². The summed E-state index contributed by atoms with van der Waals surface area (Å²) in [5.74, 6) is -0.130. The van der Waals surface area contributed by atoms with E-state index in [1.54, 1.807) is 36.1 Å². The highest BCUT2D eigenvalue weighted by molar-refractivity contribution is 6.12. The van der Waals surface area contributed by atoms with Crippen molar-refractivity contribution in [2.75, 3.05) is 11.5 Å². The molecule has 0 radical (unpaired) electrons. The number of aryl methyl sites for hydroxylation is 1. The van der Waals surface area contributed by atoms with Gasteiger partial charge in [-0.3, -0.25) is 14.8 Å². The summed E-state index contributed by atoms with van der Waals surface area (Å²) < 4.78 is 5.11. The number of esters is 1. The molecule has 1 unspecified atom stereocenters. The van der Waals surface area contributed by atoms with E-state index in [2.05, 4.69) is 48.3 Å². The number of nitrogens with one attached hydrogen (secondary N) is 1. The van der Waals surface area contributed by atoms with E-state index in [9.17, 15) is 9.59 Å². The van der Waals surface area contributed by atoms with Crippen molar-refractivity contribution in [3.63, 3.8) is 0 Å². The van der Waals surface area contributed by atoms with Crippen LogP contribution in [0.4, 0.5) is 5.69 Å². The predicted octanol–water partition coefficient (Wildman–Crippen LogP) is 6.44. The van der Waals surface area contributed by atoms with Crippen LogP contribution in [-0.2, 0) is 4.74 Å². The van der Waals surface area contributed by atoms with Gasteiger partial charge in [-0.15, -0.1) is 0 Å². The van der Waals surface area contributed by atoms with E-state index in [1.807, 2.05) is 31.2 Å². The maximum atomic E-state index is 13.7. The molecule has 36 heavy (non-hydrogen) atoms. The molecule has 1 aliphatic rings. The van der Waals surface area contributed by atoms with Crippen LogP contribution in [0.3, 0.4) is 0 Å². The van der Waals surface area contributed by atoms with E-state index in [-0.39, 0.29) is 17.9 Å². The molecule has 0 saturated carbocycles. The number of fused-ring (bicyclic) bond motifs is 1. The Hall–Kier alpha value is -4.19. The minimum absolute atomic E-state index is 0.155. The van der Waals surface area contributed by atoms with Gasteiger partial charge in [-0.25, -0.2) is 4.79 Å². The molecule has 1 aliphatic heterocycles. The Morgan fingerprint density at radius 2 is 1.67 bits per heavy atom. The van der Waals surface area contributed by atoms with Gasteiger partial charge in [0.2, 0.25) is 0 Å². The van der Waals surface area contributed by atoms with Crippen LogP contribution >= 0.6 is 0 Å². The third-order valence-corrected chi connectivity index (χ3v) is 6.67. The second-order valence-electron chi connectivity index (χ2n) is 9.39. The number of carbonyl (C=O) groups excluding carboxylic acids is 2. The number of nitrogens with zero attached hydrogens (tertiary/aromatic N) is 2. The first-order chi connectivity index (χ1) is 17.4. The molecular formula is C30H29N3O3. The van der Waals surface area contributed by atoms with Gasteiger partial charge in [-0.1, -0.05) is 67.9 Å². The number of hydrogen-bond donors (Lipinski definition) is 1. The molecule has 3 aromatic carbocycles. The Labute approximate surface area is 210 Å². The van der Waals surface area contributed by atoms with Crippen LogP contribution in [0.25, 0.3) is 11.3 Å². The fourth-order valence-corrected chi connectivity index (χ4v) is 4.70. The largest absolute Gasteiger partial charge is 0.462 e. The highest BCUT2D eigenvalue weighted by Crippen LogP contribution is 2.45. The fourth-order valence-electron chi connectivity index (χ4n) is 4.70. The summed E-state index contributed by atoms with van der Waals surface area (Å²) in [6.07, 6.45) is 0. The first-order valence-electron chi connectivity index (χ1n) is 12.2. The monoisotopic (exact) mass is 479 g/mol. The zero-order chi connectivity index (χ0) is 25.4. The second kappa shape index (κ2) is 9.46. The molecule has 2 heterocycles. The van der Waals surface area contributed by atoms with E-state index in [1.165, 1.54) is 5.56 Å². The Balaban J connectivity index is 1.63. The number of aromatic amines is 1. The number of amides is 1. The van der Waals surface area contributed by atoms with E-state index < -0.39 is 0 Å². The van der Waals surface area contributed by atoms with Gasteiger partial charge in [-0.05, 0) is 55.2 Å². The number of benzene rings is 3. The van der Waals surface area contributed by atoms with Crippen molar-refractivity contribution in [2.45, 2.75) is 39.7 Å². The molecule has 1 aromatic heterocycles. The van der Waals surface area contributed by atoms with Gasteiger partial charge in [-0.2, -0.15) is 5.10 Å². The van der Waals surface area contributed by atoms with Crippen molar-refractivity contribution in [3.05, 3.63) is 106 Å². The molecule has 0 aliphatic carbocycles. The number of anilines is 1. The smallest absolute Gasteiger partial charge is 0.338 e. The summed E-state index contributed by atoms with van der Waals surface area (Å²) in [4.78, 5) is 27.7. The van der Waals surface area contributed by atoms with Crippen molar-refractivity contribution in [1.29, 1.82) is 0 Å². The second-order valence-corrected chi connectivity index (χ2v) is 9.39. The van der Waals surface area contributed by atoms with Crippen molar-refractivity contribution in [3.8, 4) is 11.3 Å². The topological polar surface area (TPSA) is 75.3 Å². The Morgan fingerprint density at radius 1 is 1.00 bits per heavy atom. The van der Waals surface area contributed by atoms with Crippen LogP contribution in [-0.4, -0.2) is 28.7 Å². The summed E-state index contributed by atoms with van der Waals surface area (Å²) in [5, 5.41) is 7.57. The molecule has 1 atom stereocenters. The van der Waals surface area contributed by atoms with Gasteiger partial charge in [0, 0.05) is 16.8 Å². The first kappa shape index (κ1) is 23.5. The van der Waals surface area contributed by atoms with Crippen molar-refractivity contribution < 1.29 is 14.3 Å². The van der Waals surface area contributed by atoms with Crippen molar-refractivity contribution in [2.24, 2.45) is 0 Å². The first-order valence-corrected chi connectivity index (χ1v) is 12.2. The number of ether oxygens (including phenoxy) is 1. The molecule has 6 heteroatoms. The zero-order valence-corrected chi connectivity index (χ0v) is 20.9. The molecule has 4 aromatic rings.